The fourth-order valence-corrected chi connectivity index (χ4v) is 5.44. The zero-order valence-corrected chi connectivity index (χ0v) is 19.0. The maximum absolute atomic E-state index is 13.7. The molecule has 1 aromatic heterocycles. The summed E-state index contributed by atoms with van der Waals surface area (Å²) in [7, 11) is 1.94. The van der Waals surface area contributed by atoms with Crippen molar-refractivity contribution >= 4 is 11.7 Å². The Morgan fingerprint density at radius 1 is 1.09 bits per heavy atom. The number of amides is 1. The molecule has 1 atom stereocenters. The number of benzene rings is 1. The lowest BCUT2D eigenvalue weighted by atomic mass is 9.94. The fraction of sp³-hybridized carbons (Fsp3) is 0.560. The Labute approximate surface area is 190 Å². The molecule has 0 aliphatic carbocycles. The topological polar surface area (TPSA) is 73.4 Å². The monoisotopic (exact) mass is 434 g/mol. The Kier molecular flexibility index (Phi) is 6.37. The van der Waals surface area contributed by atoms with E-state index in [0.29, 0.717) is 5.92 Å². The highest BCUT2D eigenvalue weighted by molar-refractivity contribution is 5.83. The van der Waals surface area contributed by atoms with Crippen molar-refractivity contribution in [3.63, 3.8) is 0 Å². The van der Waals surface area contributed by atoms with Crippen LogP contribution in [-0.2, 0) is 17.8 Å². The number of piperidine rings is 1. The van der Waals surface area contributed by atoms with E-state index in [-0.39, 0.29) is 11.9 Å². The first kappa shape index (κ1) is 21.3. The van der Waals surface area contributed by atoms with Gasteiger partial charge in [-0.2, -0.15) is 0 Å². The number of hydrogen-bond acceptors (Lipinski definition) is 6. The van der Waals surface area contributed by atoms with Crippen molar-refractivity contribution in [1.82, 2.24) is 25.1 Å². The predicted octanol–water partition coefficient (Wildman–Crippen LogP) is 2.71. The number of fused-ring (bicyclic) bond motifs is 1. The van der Waals surface area contributed by atoms with Crippen LogP contribution in [0.25, 0.3) is 0 Å². The molecular formula is C25H34N6O. The number of nitrogens with zero attached hydrogens (tertiary/aromatic N) is 4. The summed E-state index contributed by atoms with van der Waals surface area (Å²) in [5.74, 6) is 2.47. The van der Waals surface area contributed by atoms with E-state index in [1.165, 1.54) is 18.4 Å². The summed E-state index contributed by atoms with van der Waals surface area (Å²) in [4.78, 5) is 27.9. The number of rotatable bonds is 5. The Morgan fingerprint density at radius 2 is 1.84 bits per heavy atom. The van der Waals surface area contributed by atoms with Gasteiger partial charge in [0.15, 0.2) is 0 Å². The van der Waals surface area contributed by atoms with Crippen molar-refractivity contribution in [1.29, 1.82) is 0 Å². The summed E-state index contributed by atoms with van der Waals surface area (Å²) < 4.78 is 0. The van der Waals surface area contributed by atoms with Crippen molar-refractivity contribution in [3.8, 4) is 0 Å². The average Bonchev–Trinajstić information content (AvgIpc) is 3.38. The highest BCUT2D eigenvalue weighted by atomic mass is 16.2. The largest absolute Gasteiger partial charge is 0.373 e. The van der Waals surface area contributed by atoms with Gasteiger partial charge in [0, 0.05) is 38.2 Å². The van der Waals surface area contributed by atoms with E-state index in [9.17, 15) is 4.79 Å². The van der Waals surface area contributed by atoms with E-state index < -0.39 is 0 Å². The van der Waals surface area contributed by atoms with Crippen molar-refractivity contribution in [2.75, 3.05) is 45.1 Å². The highest BCUT2D eigenvalue weighted by Gasteiger charge is 2.35. The lowest BCUT2D eigenvalue weighted by molar-refractivity contribution is -0.138. The zero-order valence-electron chi connectivity index (χ0n) is 19.0. The van der Waals surface area contributed by atoms with Gasteiger partial charge in [0.05, 0.1) is 5.69 Å². The molecule has 0 spiro atoms. The van der Waals surface area contributed by atoms with Crippen molar-refractivity contribution in [2.45, 2.75) is 50.6 Å². The van der Waals surface area contributed by atoms with Crippen LogP contribution in [0.5, 0.6) is 0 Å². The molecule has 7 nitrogen and oxygen atoms in total. The third-order valence-corrected chi connectivity index (χ3v) is 7.22. The van der Waals surface area contributed by atoms with Crippen molar-refractivity contribution in [2.24, 2.45) is 0 Å². The molecule has 2 N–H and O–H groups in total. The molecule has 5 rings (SSSR count). The molecular weight excluding hydrogens is 400 g/mol. The lowest BCUT2D eigenvalue weighted by Gasteiger charge is -2.36. The van der Waals surface area contributed by atoms with E-state index in [0.717, 1.165) is 81.4 Å². The summed E-state index contributed by atoms with van der Waals surface area (Å²) in [6.07, 6.45) is 5.16. The molecule has 7 heteroatoms. The molecule has 3 aliphatic heterocycles. The van der Waals surface area contributed by atoms with Crippen LogP contribution in [0, 0.1) is 0 Å². The Hall–Kier alpha value is -2.51. The minimum atomic E-state index is -0.155. The Morgan fingerprint density at radius 3 is 2.56 bits per heavy atom. The van der Waals surface area contributed by atoms with Gasteiger partial charge < -0.3 is 15.5 Å². The minimum absolute atomic E-state index is 0.155. The summed E-state index contributed by atoms with van der Waals surface area (Å²) in [6, 6.07) is 10.1. The van der Waals surface area contributed by atoms with E-state index >= 15 is 0 Å². The van der Waals surface area contributed by atoms with E-state index in [1.54, 1.807) is 0 Å². The molecule has 0 unspecified atom stereocenters. The van der Waals surface area contributed by atoms with Crippen LogP contribution in [0.1, 0.15) is 60.3 Å². The average molecular weight is 435 g/mol. The zero-order chi connectivity index (χ0) is 21.9. The van der Waals surface area contributed by atoms with Gasteiger partial charge in [-0.1, -0.05) is 30.3 Å². The second-order valence-electron chi connectivity index (χ2n) is 9.19. The van der Waals surface area contributed by atoms with Crippen LogP contribution >= 0.6 is 0 Å². The number of aromatic nitrogens is 2. The number of carbonyl (C=O) groups is 1. The lowest BCUT2D eigenvalue weighted by Crippen LogP contribution is -2.45. The number of nitrogens with one attached hydrogen (secondary N) is 2. The SMILES string of the molecule is CNc1nc(C2CCN(C(=O)[C@H](c3ccccc3)N3CCCC3)CC2)nc2c1CCNC2. The second kappa shape index (κ2) is 9.55. The first-order valence-electron chi connectivity index (χ1n) is 12.1. The van der Waals surface area contributed by atoms with Crippen LogP contribution in [0.3, 0.4) is 0 Å². The van der Waals surface area contributed by atoms with Crippen LogP contribution in [-0.4, -0.2) is 65.4 Å². The Balaban J connectivity index is 1.30. The van der Waals surface area contributed by atoms with E-state index in [2.05, 4.69) is 32.6 Å². The summed E-state index contributed by atoms with van der Waals surface area (Å²) in [5, 5.41) is 6.70. The molecule has 1 amide bonds. The van der Waals surface area contributed by atoms with Crippen LogP contribution < -0.4 is 10.6 Å². The van der Waals surface area contributed by atoms with Gasteiger partial charge in [0.25, 0.3) is 0 Å². The molecule has 32 heavy (non-hydrogen) atoms. The summed E-state index contributed by atoms with van der Waals surface area (Å²) >= 11 is 0. The minimum Gasteiger partial charge on any atom is -0.373 e. The molecule has 0 saturated carbocycles. The van der Waals surface area contributed by atoms with Crippen LogP contribution in [0.15, 0.2) is 30.3 Å². The quantitative estimate of drug-likeness (QED) is 0.754. The first-order valence-corrected chi connectivity index (χ1v) is 12.1. The second-order valence-corrected chi connectivity index (χ2v) is 9.19. The normalized spacial score (nSPS) is 20.7. The van der Waals surface area contributed by atoms with E-state index in [1.807, 2.05) is 25.2 Å². The van der Waals surface area contributed by atoms with Gasteiger partial charge in [-0.25, -0.2) is 9.97 Å². The van der Waals surface area contributed by atoms with Gasteiger partial charge in [0.2, 0.25) is 5.91 Å². The fourth-order valence-electron chi connectivity index (χ4n) is 5.44. The van der Waals surface area contributed by atoms with Gasteiger partial charge in [0.1, 0.15) is 17.7 Å². The number of anilines is 1. The number of hydrogen-bond donors (Lipinski definition) is 2. The predicted molar refractivity (Wildman–Crippen MR) is 126 cm³/mol. The molecule has 2 aromatic rings. The number of likely N-dealkylation sites (tertiary alicyclic amines) is 2. The summed E-state index contributed by atoms with van der Waals surface area (Å²) in [5.41, 5.74) is 3.49. The van der Waals surface area contributed by atoms with E-state index in [4.69, 9.17) is 9.97 Å². The smallest absolute Gasteiger partial charge is 0.244 e. The maximum Gasteiger partial charge on any atom is 0.244 e. The summed E-state index contributed by atoms with van der Waals surface area (Å²) in [6.45, 7) is 5.34. The van der Waals surface area contributed by atoms with Crippen molar-refractivity contribution in [3.05, 3.63) is 53.0 Å². The molecule has 0 bridgehead atoms. The first-order chi connectivity index (χ1) is 15.7. The molecule has 3 aliphatic rings. The van der Waals surface area contributed by atoms with Crippen LogP contribution in [0.2, 0.25) is 0 Å². The van der Waals surface area contributed by atoms with Gasteiger partial charge in [-0.3, -0.25) is 9.69 Å². The van der Waals surface area contributed by atoms with Gasteiger partial charge in [-0.15, -0.1) is 0 Å². The van der Waals surface area contributed by atoms with Gasteiger partial charge >= 0.3 is 0 Å². The highest BCUT2D eigenvalue weighted by Crippen LogP contribution is 2.32. The molecule has 4 heterocycles. The molecule has 1 aromatic carbocycles. The number of carbonyl (C=O) groups excluding carboxylic acids is 1. The van der Waals surface area contributed by atoms with Gasteiger partial charge in [-0.05, 0) is 57.3 Å². The third kappa shape index (κ3) is 4.24. The standard InChI is InChI=1S/C25H34N6O/c1-26-24-20-9-12-27-17-21(20)28-23(29-24)19-10-15-31(16-11-19)25(32)22(30-13-5-6-14-30)18-7-3-2-4-8-18/h2-4,7-8,19,22,27H,5-6,9-17H2,1H3,(H,26,28,29)/t22-/m0/s1. The molecule has 0 radical (unpaired) electrons. The third-order valence-electron chi connectivity index (χ3n) is 7.22. The maximum atomic E-state index is 13.7. The molecule has 170 valence electrons. The molecule has 2 saturated heterocycles. The van der Waals surface area contributed by atoms with Crippen molar-refractivity contribution < 1.29 is 4.79 Å². The Bertz CT molecular complexity index is 918. The van der Waals surface area contributed by atoms with Crippen LogP contribution in [0.4, 0.5) is 5.82 Å². The molecule has 2 fully saturated rings.